The molecule has 1 aliphatic heterocycles. The van der Waals surface area contributed by atoms with Gasteiger partial charge < -0.3 is 14.4 Å². The lowest BCUT2D eigenvalue weighted by molar-refractivity contribution is -0.155. The van der Waals surface area contributed by atoms with Gasteiger partial charge >= 0.3 is 12.1 Å². The lowest BCUT2D eigenvalue weighted by Gasteiger charge is -2.37. The number of hydrogen-bond acceptors (Lipinski definition) is 6. The molecule has 0 aromatic carbocycles. The Morgan fingerprint density at radius 1 is 1.59 bits per heavy atom. The molecular formula is C12H12FN3O6. The molecule has 9 nitrogen and oxygen atoms in total. The summed E-state index contributed by atoms with van der Waals surface area (Å²) in [4.78, 5) is 39.8. The molecule has 2 unspecified atom stereocenters. The quantitative estimate of drug-likeness (QED) is 0.661. The van der Waals surface area contributed by atoms with Crippen molar-refractivity contribution in [1.29, 1.82) is 0 Å². The fraction of sp³-hybridized carbons (Fsp3) is 0.333. The summed E-state index contributed by atoms with van der Waals surface area (Å²) in [5.74, 6) is -1.19. The zero-order chi connectivity index (χ0) is 16.3. The Labute approximate surface area is 123 Å². The Bertz CT molecular complexity index is 602. The summed E-state index contributed by atoms with van der Waals surface area (Å²) in [6, 6.07) is 1.96. The van der Waals surface area contributed by atoms with Crippen LogP contribution in [0.1, 0.15) is 12.7 Å². The van der Waals surface area contributed by atoms with Crippen molar-refractivity contribution in [1.82, 2.24) is 9.80 Å². The van der Waals surface area contributed by atoms with Crippen LogP contribution in [-0.4, -0.2) is 58.1 Å². The van der Waals surface area contributed by atoms with Gasteiger partial charge in [0, 0.05) is 6.54 Å². The van der Waals surface area contributed by atoms with Crippen LogP contribution in [0.15, 0.2) is 28.0 Å². The molecule has 2 rings (SSSR count). The summed E-state index contributed by atoms with van der Waals surface area (Å²) in [6.07, 6.45) is -3.36. The van der Waals surface area contributed by atoms with Gasteiger partial charge in [0.25, 0.3) is 5.91 Å². The predicted octanol–water partition coefficient (Wildman–Crippen LogP) is 1.26. The second-order valence-corrected chi connectivity index (χ2v) is 4.17. The van der Waals surface area contributed by atoms with Crippen molar-refractivity contribution in [2.45, 2.75) is 19.3 Å². The maximum atomic E-state index is 14.1. The highest BCUT2D eigenvalue weighted by atomic mass is 19.1. The van der Waals surface area contributed by atoms with Gasteiger partial charge in [-0.15, -0.1) is 0 Å². The number of carbonyl (C=O) groups is 3. The van der Waals surface area contributed by atoms with Crippen molar-refractivity contribution in [3.63, 3.8) is 0 Å². The first kappa shape index (κ1) is 15.5. The number of rotatable bonds is 4. The fourth-order valence-corrected chi connectivity index (χ4v) is 1.85. The molecule has 1 aromatic rings. The van der Waals surface area contributed by atoms with E-state index >= 15 is 0 Å². The van der Waals surface area contributed by atoms with Crippen molar-refractivity contribution >= 4 is 24.2 Å². The van der Waals surface area contributed by atoms with Crippen molar-refractivity contribution in [3.05, 3.63) is 24.2 Å². The molecule has 1 saturated heterocycles. The summed E-state index contributed by atoms with van der Waals surface area (Å²) in [5.41, 5.74) is 0. The monoisotopic (exact) mass is 313 g/mol. The van der Waals surface area contributed by atoms with E-state index in [0.29, 0.717) is 5.76 Å². The van der Waals surface area contributed by atoms with Crippen LogP contribution in [0.2, 0.25) is 0 Å². The van der Waals surface area contributed by atoms with Crippen molar-refractivity contribution in [2.75, 3.05) is 6.54 Å². The largest absolute Gasteiger partial charge is 0.464 e. The van der Waals surface area contributed by atoms with Crippen LogP contribution in [0.4, 0.5) is 14.0 Å². The van der Waals surface area contributed by atoms with E-state index in [1.54, 1.807) is 12.1 Å². The minimum Gasteiger partial charge on any atom is -0.464 e. The highest BCUT2D eigenvalue weighted by Crippen LogP contribution is 2.22. The molecular weight excluding hydrogens is 301 g/mol. The molecule has 118 valence electrons. The Morgan fingerprint density at radius 3 is 2.86 bits per heavy atom. The number of halogens is 1. The molecule has 2 heterocycles. The zero-order valence-electron chi connectivity index (χ0n) is 11.4. The first-order chi connectivity index (χ1) is 10.5. The molecule has 0 radical (unpaired) electrons. The van der Waals surface area contributed by atoms with Crippen LogP contribution < -0.4 is 0 Å². The first-order valence-corrected chi connectivity index (χ1v) is 6.21. The van der Waals surface area contributed by atoms with E-state index in [1.807, 2.05) is 0 Å². The van der Waals surface area contributed by atoms with E-state index in [0.717, 1.165) is 11.1 Å². The van der Waals surface area contributed by atoms with Gasteiger partial charge in [0.1, 0.15) is 12.0 Å². The maximum absolute atomic E-state index is 14.1. The molecule has 0 bridgehead atoms. The maximum Gasteiger partial charge on any atom is 0.422 e. The lowest BCUT2D eigenvalue weighted by atomic mass is 10.2. The summed E-state index contributed by atoms with van der Waals surface area (Å²) < 4.78 is 19.0. The second-order valence-electron chi connectivity index (χ2n) is 4.17. The van der Waals surface area contributed by atoms with Crippen LogP contribution in [0.3, 0.4) is 0 Å². The molecule has 0 saturated carbocycles. The summed E-state index contributed by atoms with van der Waals surface area (Å²) >= 11 is 0. The van der Waals surface area contributed by atoms with Gasteiger partial charge in [-0.2, -0.15) is 4.90 Å². The van der Waals surface area contributed by atoms with E-state index in [2.05, 4.69) is 5.16 Å². The van der Waals surface area contributed by atoms with Crippen LogP contribution in [0.25, 0.3) is 0 Å². The normalized spacial score (nSPS) is 22.5. The molecule has 1 N–H and O–H groups in total. The number of carbonyl (C=O) groups excluding carboxylic acids is 2. The van der Waals surface area contributed by atoms with Gasteiger partial charge in [0.05, 0.1) is 6.26 Å². The van der Waals surface area contributed by atoms with Gasteiger partial charge in [-0.25, -0.2) is 14.0 Å². The van der Waals surface area contributed by atoms with Crippen LogP contribution in [0, 0.1) is 0 Å². The summed E-state index contributed by atoms with van der Waals surface area (Å²) in [7, 11) is 0. The number of oxime groups is 1. The minimum atomic E-state index is -2.37. The van der Waals surface area contributed by atoms with E-state index < -0.39 is 30.4 Å². The molecule has 4 amide bonds. The number of urea groups is 1. The van der Waals surface area contributed by atoms with Gasteiger partial charge in [0.15, 0.2) is 0 Å². The lowest BCUT2D eigenvalue weighted by Crippen LogP contribution is -2.64. The molecule has 22 heavy (non-hydrogen) atoms. The Morgan fingerprint density at radius 2 is 2.32 bits per heavy atom. The van der Waals surface area contributed by atoms with Crippen molar-refractivity contribution in [2.24, 2.45) is 5.16 Å². The average molecular weight is 313 g/mol. The van der Waals surface area contributed by atoms with Crippen molar-refractivity contribution < 1.29 is 33.1 Å². The molecule has 0 spiro atoms. The van der Waals surface area contributed by atoms with Crippen molar-refractivity contribution in [3.8, 4) is 0 Å². The Hall–Kier alpha value is -2.91. The molecule has 2 atom stereocenters. The minimum absolute atomic E-state index is 0.0722. The third-order valence-corrected chi connectivity index (χ3v) is 2.87. The Kier molecular flexibility index (Phi) is 4.39. The molecule has 10 heteroatoms. The van der Waals surface area contributed by atoms with Gasteiger partial charge in [-0.1, -0.05) is 5.16 Å². The number of alkyl halides is 1. The first-order valence-electron chi connectivity index (χ1n) is 6.21. The van der Waals surface area contributed by atoms with E-state index in [-0.39, 0.29) is 11.4 Å². The van der Waals surface area contributed by atoms with Crippen LogP contribution >= 0.6 is 0 Å². The summed E-state index contributed by atoms with van der Waals surface area (Å²) in [5, 5.41) is 12.3. The fourth-order valence-electron chi connectivity index (χ4n) is 1.85. The predicted molar refractivity (Wildman–Crippen MR) is 68.7 cm³/mol. The third kappa shape index (κ3) is 2.75. The number of hydrogen-bond donors (Lipinski definition) is 1. The Balaban J connectivity index is 2.17. The van der Waals surface area contributed by atoms with Gasteiger partial charge in [0.2, 0.25) is 12.4 Å². The van der Waals surface area contributed by atoms with E-state index in [9.17, 15) is 18.8 Å². The van der Waals surface area contributed by atoms with Gasteiger partial charge in [-0.05, 0) is 19.1 Å². The number of nitrogens with zero attached hydrogens (tertiary/aromatic N) is 3. The topological polar surface area (TPSA) is 113 Å². The van der Waals surface area contributed by atoms with Crippen LogP contribution in [-0.2, 0) is 9.63 Å². The highest BCUT2D eigenvalue weighted by Gasteiger charge is 2.51. The third-order valence-electron chi connectivity index (χ3n) is 2.87. The number of carboxylic acid groups (broad SMARTS) is 1. The summed E-state index contributed by atoms with van der Waals surface area (Å²) in [6.45, 7) is 1.41. The van der Waals surface area contributed by atoms with Gasteiger partial charge in [-0.3, -0.25) is 9.69 Å². The van der Waals surface area contributed by atoms with Crippen LogP contribution in [0.5, 0.6) is 0 Å². The number of imide groups is 3. The molecule has 1 fully saturated rings. The second kappa shape index (κ2) is 6.24. The standard InChI is InChI=1S/C12H12FN3O6/c1-2-15-10(22-14-6-7-4-3-5-21-7)8(13)9(17)16(11(15)18)12(19)20/h3-6,8,10H,2H2,1H3,(H,19,20). The SMILES string of the molecule is CCN1C(=O)N(C(=O)O)C(=O)C(F)C1ON=Cc1ccco1. The smallest absolute Gasteiger partial charge is 0.422 e. The molecule has 1 aliphatic rings. The molecule has 1 aromatic heterocycles. The zero-order valence-corrected chi connectivity index (χ0v) is 11.4. The van der Waals surface area contributed by atoms with E-state index in [1.165, 1.54) is 13.2 Å². The number of amides is 4. The average Bonchev–Trinajstić information content (AvgIpc) is 2.97. The molecule has 0 aliphatic carbocycles. The number of furan rings is 1. The highest BCUT2D eigenvalue weighted by molar-refractivity contribution is 6.10. The van der Waals surface area contributed by atoms with E-state index in [4.69, 9.17) is 14.4 Å².